The third-order valence-electron chi connectivity index (χ3n) is 5.92. The SMILES string of the molecule is O=C(CN1CCN(CN2C(=O)C3CC=CCC3C2=O)CC1)Nc1ccccc1Cl. The number of rotatable bonds is 5. The summed E-state index contributed by atoms with van der Waals surface area (Å²) in [4.78, 5) is 43.1. The van der Waals surface area contributed by atoms with E-state index in [0.29, 0.717) is 56.4 Å². The minimum atomic E-state index is -0.178. The first-order valence-corrected chi connectivity index (χ1v) is 10.4. The zero-order valence-electron chi connectivity index (χ0n) is 16.2. The molecular formula is C21H25ClN4O3. The number of imide groups is 1. The van der Waals surface area contributed by atoms with Crippen LogP contribution < -0.4 is 5.32 Å². The number of benzene rings is 1. The van der Waals surface area contributed by atoms with Crippen molar-refractivity contribution in [2.24, 2.45) is 11.8 Å². The fourth-order valence-electron chi connectivity index (χ4n) is 4.25. The molecule has 29 heavy (non-hydrogen) atoms. The number of piperazine rings is 1. The molecule has 0 spiro atoms. The van der Waals surface area contributed by atoms with Gasteiger partial charge in [0.2, 0.25) is 17.7 Å². The molecule has 1 aliphatic carbocycles. The van der Waals surface area contributed by atoms with Crippen molar-refractivity contribution < 1.29 is 14.4 Å². The molecule has 4 rings (SSSR count). The van der Waals surface area contributed by atoms with Crippen LogP contribution in [0.5, 0.6) is 0 Å². The second kappa shape index (κ2) is 8.65. The van der Waals surface area contributed by atoms with Crippen LogP contribution in [0.25, 0.3) is 0 Å². The number of allylic oxidation sites excluding steroid dienone is 2. The van der Waals surface area contributed by atoms with Crippen molar-refractivity contribution in [2.45, 2.75) is 12.8 Å². The summed E-state index contributed by atoms with van der Waals surface area (Å²) in [7, 11) is 0. The Morgan fingerprint density at radius 1 is 0.966 bits per heavy atom. The Balaban J connectivity index is 1.25. The van der Waals surface area contributed by atoms with Crippen LogP contribution in [0.1, 0.15) is 12.8 Å². The zero-order valence-corrected chi connectivity index (χ0v) is 17.0. The average molecular weight is 417 g/mol. The number of para-hydroxylation sites is 1. The molecule has 2 fully saturated rings. The van der Waals surface area contributed by atoms with Crippen molar-refractivity contribution in [3.05, 3.63) is 41.4 Å². The molecule has 7 nitrogen and oxygen atoms in total. The van der Waals surface area contributed by atoms with Gasteiger partial charge in [-0.1, -0.05) is 35.9 Å². The molecule has 1 aromatic carbocycles. The molecule has 2 atom stereocenters. The van der Waals surface area contributed by atoms with Gasteiger partial charge in [-0.05, 0) is 25.0 Å². The Bertz CT molecular complexity index is 809. The molecule has 2 saturated heterocycles. The molecule has 2 heterocycles. The molecule has 8 heteroatoms. The van der Waals surface area contributed by atoms with E-state index >= 15 is 0 Å². The summed E-state index contributed by atoms with van der Waals surface area (Å²) in [6.45, 7) is 3.48. The highest BCUT2D eigenvalue weighted by molar-refractivity contribution is 6.33. The lowest BCUT2D eigenvalue weighted by Crippen LogP contribution is -2.52. The molecular weight excluding hydrogens is 392 g/mol. The first-order chi connectivity index (χ1) is 14.0. The van der Waals surface area contributed by atoms with E-state index in [0.717, 1.165) is 0 Å². The van der Waals surface area contributed by atoms with Crippen molar-refractivity contribution in [3.63, 3.8) is 0 Å². The summed E-state index contributed by atoms with van der Waals surface area (Å²) in [5.74, 6) is -0.533. The number of amides is 3. The molecule has 1 aromatic rings. The van der Waals surface area contributed by atoms with E-state index in [1.807, 2.05) is 24.3 Å². The maximum Gasteiger partial charge on any atom is 0.238 e. The van der Waals surface area contributed by atoms with Crippen LogP contribution in [-0.2, 0) is 14.4 Å². The smallest absolute Gasteiger partial charge is 0.238 e. The number of halogens is 1. The van der Waals surface area contributed by atoms with E-state index in [2.05, 4.69) is 15.1 Å². The lowest BCUT2D eigenvalue weighted by Gasteiger charge is -2.35. The molecule has 2 aliphatic heterocycles. The van der Waals surface area contributed by atoms with Crippen LogP contribution in [-0.4, -0.2) is 71.8 Å². The number of hydrogen-bond acceptors (Lipinski definition) is 5. The van der Waals surface area contributed by atoms with Gasteiger partial charge in [0.25, 0.3) is 0 Å². The van der Waals surface area contributed by atoms with Gasteiger partial charge >= 0.3 is 0 Å². The highest BCUT2D eigenvalue weighted by Gasteiger charge is 2.47. The Hall–Kier alpha value is -2.22. The van der Waals surface area contributed by atoms with E-state index < -0.39 is 0 Å². The van der Waals surface area contributed by atoms with Gasteiger partial charge in [0.1, 0.15) is 0 Å². The van der Waals surface area contributed by atoms with E-state index in [9.17, 15) is 14.4 Å². The van der Waals surface area contributed by atoms with Crippen LogP contribution in [0.4, 0.5) is 5.69 Å². The first-order valence-electron chi connectivity index (χ1n) is 10.0. The molecule has 0 saturated carbocycles. The number of carbonyl (C=O) groups excluding carboxylic acids is 3. The Morgan fingerprint density at radius 3 is 2.17 bits per heavy atom. The van der Waals surface area contributed by atoms with Gasteiger partial charge in [0, 0.05) is 26.2 Å². The Labute approximate surface area is 175 Å². The van der Waals surface area contributed by atoms with E-state index in [1.165, 1.54) is 4.90 Å². The quantitative estimate of drug-likeness (QED) is 0.585. The van der Waals surface area contributed by atoms with Gasteiger partial charge in [-0.15, -0.1) is 0 Å². The predicted molar refractivity (Wildman–Crippen MR) is 110 cm³/mol. The van der Waals surface area contributed by atoms with Crippen molar-refractivity contribution in [1.29, 1.82) is 0 Å². The number of carbonyl (C=O) groups is 3. The number of nitrogens with one attached hydrogen (secondary N) is 1. The Kier molecular flexibility index (Phi) is 5.99. The zero-order chi connectivity index (χ0) is 20.4. The van der Waals surface area contributed by atoms with E-state index in [4.69, 9.17) is 11.6 Å². The summed E-state index contributed by atoms with van der Waals surface area (Å²) in [5.41, 5.74) is 0.611. The molecule has 154 valence electrons. The summed E-state index contributed by atoms with van der Waals surface area (Å²) in [6.07, 6.45) is 5.34. The molecule has 3 aliphatic rings. The number of fused-ring (bicyclic) bond motifs is 1. The highest BCUT2D eigenvalue weighted by Crippen LogP contribution is 2.35. The normalized spacial score (nSPS) is 25.3. The minimum Gasteiger partial charge on any atom is -0.324 e. The van der Waals surface area contributed by atoms with Gasteiger partial charge < -0.3 is 5.32 Å². The third kappa shape index (κ3) is 4.37. The van der Waals surface area contributed by atoms with Crippen molar-refractivity contribution in [3.8, 4) is 0 Å². The highest BCUT2D eigenvalue weighted by atomic mass is 35.5. The Morgan fingerprint density at radius 2 is 1.55 bits per heavy atom. The van der Waals surface area contributed by atoms with Crippen LogP contribution >= 0.6 is 11.6 Å². The predicted octanol–water partition coefficient (Wildman–Crippen LogP) is 1.80. The van der Waals surface area contributed by atoms with Gasteiger partial charge in [0.15, 0.2) is 0 Å². The molecule has 3 amide bonds. The molecule has 1 N–H and O–H groups in total. The topological polar surface area (TPSA) is 73.0 Å². The van der Waals surface area contributed by atoms with E-state index in [-0.39, 0.29) is 36.1 Å². The van der Waals surface area contributed by atoms with Gasteiger partial charge in [0.05, 0.1) is 35.8 Å². The monoisotopic (exact) mass is 416 g/mol. The lowest BCUT2D eigenvalue weighted by atomic mass is 9.85. The molecule has 0 aromatic heterocycles. The van der Waals surface area contributed by atoms with Gasteiger partial charge in [-0.3, -0.25) is 29.1 Å². The van der Waals surface area contributed by atoms with E-state index in [1.54, 1.807) is 12.1 Å². The van der Waals surface area contributed by atoms with Crippen molar-refractivity contribution >= 4 is 35.0 Å². The second-order valence-corrected chi connectivity index (χ2v) is 8.23. The van der Waals surface area contributed by atoms with Gasteiger partial charge in [-0.2, -0.15) is 0 Å². The fourth-order valence-corrected chi connectivity index (χ4v) is 4.44. The number of anilines is 1. The summed E-state index contributed by atoms with van der Waals surface area (Å²) < 4.78 is 0. The number of hydrogen-bond donors (Lipinski definition) is 1. The van der Waals surface area contributed by atoms with Crippen LogP contribution in [0, 0.1) is 11.8 Å². The summed E-state index contributed by atoms with van der Waals surface area (Å²) in [6, 6.07) is 7.16. The lowest BCUT2D eigenvalue weighted by molar-refractivity contribution is -0.142. The van der Waals surface area contributed by atoms with Crippen molar-refractivity contribution in [1.82, 2.24) is 14.7 Å². The molecule has 0 radical (unpaired) electrons. The minimum absolute atomic E-state index is 0.0362. The number of nitrogens with zero attached hydrogens (tertiary/aromatic N) is 3. The first kappa shape index (κ1) is 20.1. The second-order valence-electron chi connectivity index (χ2n) is 7.82. The fraction of sp³-hybridized carbons (Fsp3) is 0.476. The van der Waals surface area contributed by atoms with Gasteiger partial charge in [-0.25, -0.2) is 0 Å². The average Bonchev–Trinajstić information content (AvgIpc) is 2.96. The summed E-state index contributed by atoms with van der Waals surface area (Å²) >= 11 is 6.08. The van der Waals surface area contributed by atoms with Crippen LogP contribution in [0.3, 0.4) is 0 Å². The standard InChI is InChI=1S/C21H25ClN4O3/c22-17-7-3-4-8-18(17)23-19(27)13-24-9-11-25(12-10-24)14-26-20(28)15-5-1-2-6-16(15)21(26)29/h1-4,7-8,15-16H,5-6,9-14H2,(H,23,27). The maximum absolute atomic E-state index is 12.6. The maximum atomic E-state index is 12.6. The summed E-state index contributed by atoms with van der Waals surface area (Å²) in [5, 5.41) is 3.35. The molecule has 0 bridgehead atoms. The third-order valence-corrected chi connectivity index (χ3v) is 6.25. The molecule has 2 unspecified atom stereocenters. The van der Waals surface area contributed by atoms with Crippen LogP contribution in [0.15, 0.2) is 36.4 Å². The van der Waals surface area contributed by atoms with Crippen molar-refractivity contribution in [2.75, 3.05) is 44.7 Å². The number of likely N-dealkylation sites (tertiary alicyclic amines) is 1. The largest absolute Gasteiger partial charge is 0.324 e. The van der Waals surface area contributed by atoms with Crippen LogP contribution in [0.2, 0.25) is 5.02 Å².